The number of rotatable bonds is 6. The Bertz CT molecular complexity index is 756. The van der Waals surface area contributed by atoms with Crippen LogP contribution in [0, 0.1) is 5.82 Å². The third-order valence-corrected chi connectivity index (χ3v) is 3.33. The second-order valence-corrected chi connectivity index (χ2v) is 5.47. The van der Waals surface area contributed by atoms with Crippen molar-refractivity contribution in [1.82, 2.24) is 10.7 Å². The van der Waals surface area contributed by atoms with E-state index in [9.17, 15) is 14.0 Å². The summed E-state index contributed by atoms with van der Waals surface area (Å²) in [7, 11) is 3.90. The monoisotopic (exact) mass is 342 g/mol. The lowest BCUT2D eigenvalue weighted by atomic mass is 10.2. The second kappa shape index (κ2) is 8.58. The predicted octanol–water partition coefficient (Wildman–Crippen LogP) is 1.77. The first-order chi connectivity index (χ1) is 12.0. The molecule has 130 valence electrons. The maximum atomic E-state index is 12.8. The van der Waals surface area contributed by atoms with Crippen LogP contribution in [0.25, 0.3) is 0 Å². The fraction of sp³-hybridized carbons (Fsp3) is 0.167. The molecule has 0 bridgehead atoms. The van der Waals surface area contributed by atoms with Gasteiger partial charge in [-0.05, 0) is 42.0 Å². The fourth-order valence-electron chi connectivity index (χ4n) is 1.94. The molecule has 0 aliphatic carbocycles. The summed E-state index contributed by atoms with van der Waals surface area (Å²) in [5.74, 6) is -1.35. The van der Waals surface area contributed by atoms with Crippen LogP contribution >= 0.6 is 0 Å². The second-order valence-electron chi connectivity index (χ2n) is 5.47. The maximum Gasteiger partial charge on any atom is 0.259 e. The van der Waals surface area contributed by atoms with Crippen molar-refractivity contribution in [3.63, 3.8) is 0 Å². The van der Waals surface area contributed by atoms with Crippen molar-refractivity contribution in [2.45, 2.75) is 0 Å². The molecule has 0 saturated carbocycles. The Morgan fingerprint density at radius 3 is 2.32 bits per heavy atom. The molecule has 2 amide bonds. The lowest BCUT2D eigenvalue weighted by Gasteiger charge is -2.11. The van der Waals surface area contributed by atoms with E-state index in [1.807, 2.05) is 43.3 Å². The number of hydrogen-bond acceptors (Lipinski definition) is 4. The van der Waals surface area contributed by atoms with Gasteiger partial charge in [-0.25, -0.2) is 9.82 Å². The zero-order valence-electron chi connectivity index (χ0n) is 14.0. The van der Waals surface area contributed by atoms with Gasteiger partial charge in [-0.3, -0.25) is 9.59 Å². The Morgan fingerprint density at radius 1 is 1.08 bits per heavy atom. The van der Waals surface area contributed by atoms with Crippen molar-refractivity contribution in [2.24, 2.45) is 5.10 Å². The van der Waals surface area contributed by atoms with Gasteiger partial charge in [0.1, 0.15) is 5.82 Å². The van der Waals surface area contributed by atoms with Crippen LogP contribution < -0.4 is 15.6 Å². The molecule has 0 aliphatic heterocycles. The molecule has 0 unspecified atom stereocenters. The van der Waals surface area contributed by atoms with Gasteiger partial charge >= 0.3 is 0 Å². The number of hydrogen-bond donors (Lipinski definition) is 2. The summed E-state index contributed by atoms with van der Waals surface area (Å²) < 4.78 is 12.8. The van der Waals surface area contributed by atoms with Crippen molar-refractivity contribution in [3.8, 4) is 0 Å². The van der Waals surface area contributed by atoms with Crippen LogP contribution in [0.4, 0.5) is 10.1 Å². The summed E-state index contributed by atoms with van der Waals surface area (Å²) in [5, 5.41) is 6.27. The molecule has 25 heavy (non-hydrogen) atoms. The average Bonchev–Trinajstić information content (AvgIpc) is 2.60. The third kappa shape index (κ3) is 5.72. The highest BCUT2D eigenvalue weighted by Gasteiger charge is 2.07. The van der Waals surface area contributed by atoms with Crippen LogP contribution in [-0.4, -0.2) is 38.7 Å². The normalized spacial score (nSPS) is 10.5. The summed E-state index contributed by atoms with van der Waals surface area (Å²) >= 11 is 0. The molecule has 7 heteroatoms. The van der Waals surface area contributed by atoms with Crippen molar-refractivity contribution in [1.29, 1.82) is 0 Å². The molecule has 2 rings (SSSR count). The predicted molar refractivity (Wildman–Crippen MR) is 95.2 cm³/mol. The molecule has 2 N–H and O–H groups in total. The highest BCUT2D eigenvalue weighted by atomic mass is 19.1. The summed E-state index contributed by atoms with van der Waals surface area (Å²) in [6.45, 7) is -0.229. The van der Waals surface area contributed by atoms with E-state index in [1.165, 1.54) is 30.5 Å². The number of carbonyl (C=O) groups is 2. The molecular formula is C18H19FN4O2. The molecule has 0 heterocycles. The summed E-state index contributed by atoms with van der Waals surface area (Å²) in [4.78, 5) is 25.4. The average molecular weight is 342 g/mol. The van der Waals surface area contributed by atoms with E-state index in [4.69, 9.17) is 0 Å². The topological polar surface area (TPSA) is 73.8 Å². The quantitative estimate of drug-likeness (QED) is 0.621. The molecule has 2 aromatic rings. The van der Waals surface area contributed by atoms with Gasteiger partial charge in [0.15, 0.2) is 0 Å². The molecule has 0 fully saturated rings. The number of anilines is 1. The highest BCUT2D eigenvalue weighted by Crippen LogP contribution is 2.10. The Morgan fingerprint density at radius 2 is 1.72 bits per heavy atom. The lowest BCUT2D eigenvalue weighted by molar-refractivity contribution is -0.120. The lowest BCUT2D eigenvalue weighted by Crippen LogP contribution is -2.34. The van der Waals surface area contributed by atoms with E-state index in [-0.39, 0.29) is 12.1 Å². The minimum absolute atomic E-state index is 0.229. The van der Waals surface area contributed by atoms with Gasteiger partial charge in [0.05, 0.1) is 12.8 Å². The molecule has 0 radical (unpaired) electrons. The number of nitrogens with one attached hydrogen (secondary N) is 2. The van der Waals surface area contributed by atoms with Crippen LogP contribution in [0.1, 0.15) is 15.9 Å². The summed E-state index contributed by atoms with van der Waals surface area (Å²) in [6, 6.07) is 12.7. The van der Waals surface area contributed by atoms with Crippen LogP contribution in [0.15, 0.2) is 53.6 Å². The molecule has 0 aromatic heterocycles. The Labute approximate surface area is 145 Å². The number of benzene rings is 2. The summed E-state index contributed by atoms with van der Waals surface area (Å²) in [5.41, 5.74) is 4.50. The molecule has 0 aliphatic rings. The Balaban J connectivity index is 1.78. The first-order valence-electron chi connectivity index (χ1n) is 7.59. The number of hydrazone groups is 1. The molecule has 2 aromatic carbocycles. The Hall–Kier alpha value is -3.22. The van der Waals surface area contributed by atoms with Crippen LogP contribution in [-0.2, 0) is 4.79 Å². The van der Waals surface area contributed by atoms with Gasteiger partial charge in [-0.15, -0.1) is 0 Å². The zero-order chi connectivity index (χ0) is 18.2. The standard InChI is InChI=1S/C18H19FN4O2/c1-23(2)16-9-3-13(4-10-16)11-21-22-17(24)12-20-18(25)14-5-7-15(19)8-6-14/h3-11H,12H2,1-2H3,(H,20,25)(H,22,24)/b21-11-. The SMILES string of the molecule is CN(C)c1ccc(/C=N\NC(=O)CNC(=O)c2ccc(F)cc2)cc1. The van der Waals surface area contributed by atoms with Crippen LogP contribution in [0.2, 0.25) is 0 Å². The maximum absolute atomic E-state index is 12.8. The van der Waals surface area contributed by atoms with E-state index >= 15 is 0 Å². The molecule has 0 saturated heterocycles. The molecule has 0 atom stereocenters. The van der Waals surface area contributed by atoms with Gasteiger partial charge in [0.25, 0.3) is 11.8 Å². The smallest absolute Gasteiger partial charge is 0.259 e. The number of nitrogens with zero attached hydrogens (tertiary/aromatic N) is 2. The van der Waals surface area contributed by atoms with Gasteiger partial charge in [0.2, 0.25) is 0 Å². The first-order valence-corrected chi connectivity index (χ1v) is 7.59. The largest absolute Gasteiger partial charge is 0.378 e. The van der Waals surface area contributed by atoms with E-state index < -0.39 is 17.6 Å². The van der Waals surface area contributed by atoms with E-state index in [1.54, 1.807) is 0 Å². The third-order valence-electron chi connectivity index (χ3n) is 3.33. The van der Waals surface area contributed by atoms with Crippen LogP contribution in [0.3, 0.4) is 0 Å². The van der Waals surface area contributed by atoms with Crippen molar-refractivity contribution in [3.05, 3.63) is 65.5 Å². The van der Waals surface area contributed by atoms with Crippen LogP contribution in [0.5, 0.6) is 0 Å². The number of halogens is 1. The summed E-state index contributed by atoms with van der Waals surface area (Å²) in [6.07, 6.45) is 1.51. The number of amides is 2. The first kappa shape index (κ1) is 18.1. The van der Waals surface area contributed by atoms with Gasteiger partial charge in [-0.1, -0.05) is 12.1 Å². The van der Waals surface area contributed by atoms with Crippen molar-refractivity contribution >= 4 is 23.7 Å². The minimum Gasteiger partial charge on any atom is -0.378 e. The van der Waals surface area contributed by atoms with Gasteiger partial charge in [0, 0.05) is 25.3 Å². The van der Waals surface area contributed by atoms with E-state index in [0.717, 1.165) is 11.3 Å². The number of carbonyl (C=O) groups excluding carboxylic acids is 2. The van der Waals surface area contributed by atoms with Crippen molar-refractivity contribution in [2.75, 3.05) is 25.5 Å². The van der Waals surface area contributed by atoms with Gasteiger partial charge < -0.3 is 10.2 Å². The van der Waals surface area contributed by atoms with Crippen molar-refractivity contribution < 1.29 is 14.0 Å². The molecular weight excluding hydrogens is 323 g/mol. The highest BCUT2D eigenvalue weighted by molar-refractivity contribution is 5.96. The fourth-order valence-corrected chi connectivity index (χ4v) is 1.94. The minimum atomic E-state index is -0.461. The zero-order valence-corrected chi connectivity index (χ0v) is 14.0. The van der Waals surface area contributed by atoms with E-state index in [0.29, 0.717) is 0 Å². The van der Waals surface area contributed by atoms with Gasteiger partial charge in [-0.2, -0.15) is 5.10 Å². The molecule has 6 nitrogen and oxygen atoms in total. The van der Waals surface area contributed by atoms with E-state index in [2.05, 4.69) is 15.8 Å². The Kier molecular flexibility index (Phi) is 6.22. The molecule has 0 spiro atoms.